The summed E-state index contributed by atoms with van der Waals surface area (Å²) >= 11 is 0. The van der Waals surface area contributed by atoms with E-state index in [2.05, 4.69) is 33.7 Å². The van der Waals surface area contributed by atoms with E-state index in [1.807, 2.05) is 0 Å². The van der Waals surface area contributed by atoms with Crippen molar-refractivity contribution in [1.29, 1.82) is 0 Å². The molecule has 4 atom stereocenters. The van der Waals surface area contributed by atoms with E-state index in [1.165, 1.54) is 82.9 Å². The Kier molecular flexibility index (Phi) is 4.95. The van der Waals surface area contributed by atoms with Gasteiger partial charge in [-0.2, -0.15) is 0 Å². The van der Waals surface area contributed by atoms with Gasteiger partial charge in [0.25, 0.3) is 0 Å². The summed E-state index contributed by atoms with van der Waals surface area (Å²) < 4.78 is 0. The minimum absolute atomic E-state index is 0.0497. The summed E-state index contributed by atoms with van der Waals surface area (Å²) in [6.07, 6.45) is 14.9. The normalized spacial score (nSPS) is 37.6. The molecule has 6 rings (SSSR count). The number of piperidine rings is 2. The van der Waals surface area contributed by atoms with Crippen molar-refractivity contribution >= 4 is 11.6 Å². The average molecular weight is 422 g/mol. The summed E-state index contributed by atoms with van der Waals surface area (Å²) in [5.74, 6) is 1.00. The summed E-state index contributed by atoms with van der Waals surface area (Å²) in [6.45, 7) is 5.39. The Morgan fingerprint density at radius 3 is 2.77 bits per heavy atom. The fraction of sp³-hybridized carbons (Fsp3) is 0.741. The van der Waals surface area contributed by atoms with E-state index in [-0.39, 0.29) is 11.3 Å². The van der Waals surface area contributed by atoms with Crippen molar-refractivity contribution in [3.63, 3.8) is 0 Å². The molecule has 1 aromatic carbocycles. The Bertz CT molecular complexity index is 858. The van der Waals surface area contributed by atoms with E-state index in [1.54, 1.807) is 12.5 Å². The molecule has 2 heterocycles. The van der Waals surface area contributed by atoms with E-state index in [4.69, 9.17) is 0 Å². The predicted molar refractivity (Wildman–Crippen MR) is 125 cm³/mol. The van der Waals surface area contributed by atoms with Gasteiger partial charge in [0.2, 0.25) is 5.91 Å². The van der Waals surface area contributed by atoms with Crippen LogP contribution in [0.1, 0.15) is 82.3 Å². The molecule has 0 radical (unpaired) electrons. The van der Waals surface area contributed by atoms with Gasteiger partial charge >= 0.3 is 0 Å². The monoisotopic (exact) mass is 421 g/mol. The van der Waals surface area contributed by atoms with Crippen molar-refractivity contribution < 1.29 is 4.79 Å². The second kappa shape index (κ2) is 7.59. The van der Waals surface area contributed by atoms with Crippen LogP contribution in [-0.2, 0) is 16.6 Å². The fourth-order valence-corrected chi connectivity index (χ4v) is 8.30. The Balaban J connectivity index is 1.46. The number of nitrogens with zero attached hydrogens (tertiary/aromatic N) is 1. The van der Waals surface area contributed by atoms with Crippen molar-refractivity contribution in [3.8, 4) is 0 Å². The van der Waals surface area contributed by atoms with E-state index in [0.717, 1.165) is 30.6 Å². The van der Waals surface area contributed by atoms with Gasteiger partial charge in [-0.25, -0.2) is 0 Å². The van der Waals surface area contributed by atoms with Gasteiger partial charge in [0, 0.05) is 30.1 Å². The van der Waals surface area contributed by atoms with Crippen LogP contribution in [0, 0.1) is 11.3 Å². The predicted octanol–water partition coefficient (Wildman–Crippen LogP) is 4.63. The van der Waals surface area contributed by atoms with Crippen molar-refractivity contribution in [2.24, 2.45) is 11.3 Å². The SMILES string of the molecule is CC(=O)Nc1cccc2c1C[C@H]1NCC[C@@]23C[C@H](N2CCCCC2)CC[C@@]13CC1CC1. The van der Waals surface area contributed by atoms with Gasteiger partial charge < -0.3 is 15.5 Å². The number of hydrogen-bond donors (Lipinski definition) is 2. The standard InChI is InChI=1S/C27H39N3O/c1-19(31)29-24-7-5-6-23-22(24)16-25-27(17-20-8-9-20)11-10-21(30-14-3-2-4-15-30)18-26(23,27)12-13-28-25/h5-7,20-21,25,28H,2-4,8-18H2,1H3,(H,29,31)/t21-,25-,26-,27-/m1/s1. The number of anilines is 1. The summed E-state index contributed by atoms with van der Waals surface area (Å²) in [4.78, 5) is 14.8. The summed E-state index contributed by atoms with van der Waals surface area (Å²) in [6, 6.07) is 8.09. The molecule has 3 aliphatic carbocycles. The third-order valence-corrected chi connectivity index (χ3v) is 9.74. The van der Waals surface area contributed by atoms with Crippen LogP contribution in [0.5, 0.6) is 0 Å². The quantitative estimate of drug-likeness (QED) is 0.745. The molecule has 4 nitrogen and oxygen atoms in total. The number of nitrogens with one attached hydrogen (secondary N) is 2. The van der Waals surface area contributed by atoms with Crippen LogP contribution in [0.4, 0.5) is 5.69 Å². The number of rotatable bonds is 4. The van der Waals surface area contributed by atoms with Crippen molar-refractivity contribution in [2.45, 2.75) is 95.1 Å². The first-order valence-electron chi connectivity index (χ1n) is 13.0. The summed E-state index contributed by atoms with van der Waals surface area (Å²) in [5.41, 5.74) is 4.77. The first-order chi connectivity index (χ1) is 15.1. The molecule has 4 heteroatoms. The lowest BCUT2D eigenvalue weighted by Crippen LogP contribution is -2.69. The number of fused-ring (bicyclic) bond motifs is 1. The third kappa shape index (κ3) is 3.20. The van der Waals surface area contributed by atoms with Crippen LogP contribution in [0.15, 0.2) is 18.2 Å². The first-order valence-corrected chi connectivity index (χ1v) is 13.0. The minimum atomic E-state index is 0.0497. The van der Waals surface area contributed by atoms with Gasteiger partial charge in [0.15, 0.2) is 0 Å². The van der Waals surface area contributed by atoms with Crippen LogP contribution in [0.3, 0.4) is 0 Å². The number of benzene rings is 1. The van der Waals surface area contributed by atoms with Crippen LogP contribution in [0.2, 0.25) is 0 Å². The molecule has 0 aromatic heterocycles. The maximum atomic E-state index is 12.0. The van der Waals surface area contributed by atoms with E-state index < -0.39 is 0 Å². The molecule has 5 aliphatic rings. The molecular formula is C27H39N3O. The maximum absolute atomic E-state index is 12.0. The molecule has 4 fully saturated rings. The third-order valence-electron chi connectivity index (χ3n) is 9.74. The molecule has 2 aliphatic heterocycles. The molecule has 1 aromatic rings. The molecule has 0 unspecified atom stereocenters. The Morgan fingerprint density at radius 2 is 2.00 bits per heavy atom. The highest BCUT2D eigenvalue weighted by molar-refractivity contribution is 5.90. The number of likely N-dealkylation sites (tertiary alicyclic amines) is 1. The van der Waals surface area contributed by atoms with Gasteiger partial charge in [-0.3, -0.25) is 4.79 Å². The lowest BCUT2D eigenvalue weighted by atomic mass is 9.42. The number of carbonyl (C=O) groups is 1. The van der Waals surface area contributed by atoms with Crippen LogP contribution in [-0.4, -0.2) is 42.5 Å². The Hall–Kier alpha value is -1.39. The molecular weight excluding hydrogens is 382 g/mol. The lowest BCUT2D eigenvalue weighted by Gasteiger charge is -2.66. The molecule has 2 bridgehead atoms. The van der Waals surface area contributed by atoms with Gasteiger partial charge in [0.1, 0.15) is 0 Å². The van der Waals surface area contributed by atoms with E-state index >= 15 is 0 Å². The number of amides is 1. The summed E-state index contributed by atoms with van der Waals surface area (Å²) in [7, 11) is 0. The largest absolute Gasteiger partial charge is 0.326 e. The Morgan fingerprint density at radius 1 is 1.16 bits per heavy atom. The van der Waals surface area contributed by atoms with Crippen LogP contribution < -0.4 is 10.6 Å². The zero-order valence-corrected chi connectivity index (χ0v) is 19.2. The molecule has 168 valence electrons. The van der Waals surface area contributed by atoms with Crippen molar-refractivity contribution in [3.05, 3.63) is 29.3 Å². The molecule has 2 saturated heterocycles. The molecule has 2 saturated carbocycles. The molecule has 1 amide bonds. The fourth-order valence-electron chi connectivity index (χ4n) is 8.30. The summed E-state index contributed by atoms with van der Waals surface area (Å²) in [5, 5.41) is 7.19. The van der Waals surface area contributed by atoms with Gasteiger partial charge in [0.05, 0.1) is 0 Å². The van der Waals surface area contributed by atoms with Gasteiger partial charge in [-0.1, -0.05) is 31.4 Å². The first kappa shape index (κ1) is 20.2. The minimum Gasteiger partial charge on any atom is -0.326 e. The van der Waals surface area contributed by atoms with Crippen LogP contribution >= 0.6 is 0 Å². The van der Waals surface area contributed by atoms with E-state index in [0.29, 0.717) is 11.5 Å². The molecule has 2 N–H and O–H groups in total. The number of hydrogen-bond acceptors (Lipinski definition) is 3. The molecule has 0 spiro atoms. The van der Waals surface area contributed by atoms with Gasteiger partial charge in [-0.05, 0) is 99.5 Å². The van der Waals surface area contributed by atoms with Crippen LogP contribution in [0.25, 0.3) is 0 Å². The lowest BCUT2D eigenvalue weighted by molar-refractivity contribution is -0.114. The van der Waals surface area contributed by atoms with E-state index in [9.17, 15) is 4.79 Å². The molecule has 31 heavy (non-hydrogen) atoms. The van der Waals surface area contributed by atoms with Crippen molar-refractivity contribution in [1.82, 2.24) is 10.2 Å². The van der Waals surface area contributed by atoms with Crippen molar-refractivity contribution in [2.75, 3.05) is 25.0 Å². The average Bonchev–Trinajstić information content (AvgIpc) is 3.58. The Labute approximate surface area is 187 Å². The zero-order valence-electron chi connectivity index (χ0n) is 19.2. The second-order valence-electron chi connectivity index (χ2n) is 11.4. The zero-order chi connectivity index (χ0) is 21.1. The maximum Gasteiger partial charge on any atom is 0.221 e. The topological polar surface area (TPSA) is 44.4 Å². The van der Waals surface area contributed by atoms with Gasteiger partial charge in [-0.15, -0.1) is 0 Å². The highest BCUT2D eigenvalue weighted by Gasteiger charge is 2.64. The highest BCUT2D eigenvalue weighted by Crippen LogP contribution is 2.66. The number of carbonyl (C=O) groups excluding carboxylic acids is 1. The highest BCUT2D eigenvalue weighted by atomic mass is 16.1. The smallest absolute Gasteiger partial charge is 0.221 e. The second-order valence-corrected chi connectivity index (χ2v) is 11.4.